The average molecular weight is 430 g/mol. The van der Waals surface area contributed by atoms with Gasteiger partial charge in [0.2, 0.25) is 5.91 Å². The first kappa shape index (κ1) is 24.5. The van der Waals surface area contributed by atoms with E-state index in [0.29, 0.717) is 36.2 Å². The molecule has 1 fully saturated rings. The van der Waals surface area contributed by atoms with Crippen LogP contribution in [-0.2, 0) is 14.8 Å². The van der Waals surface area contributed by atoms with Crippen LogP contribution >= 0.6 is 0 Å². The van der Waals surface area contributed by atoms with Crippen LogP contribution in [0.15, 0.2) is 4.99 Å². The molecule has 1 saturated heterocycles. The van der Waals surface area contributed by atoms with Gasteiger partial charge in [-0.1, -0.05) is 0 Å². The minimum Gasteiger partial charge on any atom is -0.357 e. The number of amides is 1. The first-order valence-corrected chi connectivity index (χ1v) is 10.6. The summed E-state index contributed by atoms with van der Waals surface area (Å²) in [5, 5.41) is 8.86. The van der Waals surface area contributed by atoms with Crippen molar-refractivity contribution < 1.29 is 26.4 Å². The lowest BCUT2D eigenvalue weighted by Gasteiger charge is -2.31. The Hall–Kier alpha value is -1.56. The molecule has 1 aliphatic rings. The van der Waals surface area contributed by atoms with Gasteiger partial charge in [0.25, 0.3) is 0 Å². The molecule has 0 aromatic carbocycles. The lowest BCUT2D eigenvalue weighted by Crippen LogP contribution is -2.47. The molecular weight excluding hydrogens is 399 g/mol. The van der Waals surface area contributed by atoms with Crippen LogP contribution in [0.25, 0.3) is 0 Å². The normalized spacial score (nSPS) is 18.0. The van der Waals surface area contributed by atoms with Gasteiger partial charge in [0, 0.05) is 31.7 Å². The molecule has 0 aromatic heterocycles. The Morgan fingerprint density at radius 3 is 2.18 bits per heavy atom. The molecule has 0 spiro atoms. The SMILES string of the molecule is CCNC(=NCC(=O)NC(C)(C)C)NCC1CCN(S(=O)(=O)C(F)(F)F)CC1. The third kappa shape index (κ3) is 7.82. The summed E-state index contributed by atoms with van der Waals surface area (Å²) in [5.74, 6) is 0.208. The van der Waals surface area contributed by atoms with Crippen LogP contribution < -0.4 is 16.0 Å². The van der Waals surface area contributed by atoms with Crippen LogP contribution in [0.5, 0.6) is 0 Å². The van der Waals surface area contributed by atoms with Crippen LogP contribution in [-0.4, -0.2) is 68.4 Å². The molecule has 0 radical (unpaired) electrons. The van der Waals surface area contributed by atoms with E-state index in [4.69, 9.17) is 0 Å². The van der Waals surface area contributed by atoms with E-state index in [9.17, 15) is 26.4 Å². The number of nitrogens with zero attached hydrogens (tertiary/aromatic N) is 2. The van der Waals surface area contributed by atoms with Gasteiger partial charge in [-0.25, -0.2) is 13.4 Å². The van der Waals surface area contributed by atoms with Crippen molar-refractivity contribution in [2.75, 3.05) is 32.7 Å². The van der Waals surface area contributed by atoms with Crippen LogP contribution in [0.3, 0.4) is 0 Å². The van der Waals surface area contributed by atoms with Crippen molar-refractivity contribution in [1.29, 1.82) is 0 Å². The zero-order chi connectivity index (χ0) is 21.6. The van der Waals surface area contributed by atoms with Gasteiger partial charge in [0.1, 0.15) is 6.54 Å². The fraction of sp³-hybridized carbons (Fsp3) is 0.875. The van der Waals surface area contributed by atoms with Crippen molar-refractivity contribution in [2.24, 2.45) is 10.9 Å². The summed E-state index contributed by atoms with van der Waals surface area (Å²) in [6.45, 7) is 8.06. The maximum atomic E-state index is 12.6. The number of carbonyl (C=O) groups is 1. The minimum absolute atomic E-state index is 0.00643. The number of guanidine groups is 1. The quantitative estimate of drug-likeness (QED) is 0.432. The molecule has 1 heterocycles. The molecule has 0 saturated carbocycles. The summed E-state index contributed by atoms with van der Waals surface area (Å²) >= 11 is 0. The smallest absolute Gasteiger partial charge is 0.357 e. The number of alkyl halides is 3. The summed E-state index contributed by atoms with van der Waals surface area (Å²) in [7, 11) is -5.26. The van der Waals surface area contributed by atoms with E-state index >= 15 is 0 Å². The number of sulfonamides is 1. The molecule has 0 aromatic rings. The summed E-state index contributed by atoms with van der Waals surface area (Å²) in [4.78, 5) is 16.1. The third-order valence-corrected chi connectivity index (χ3v) is 5.63. The van der Waals surface area contributed by atoms with Crippen molar-refractivity contribution in [2.45, 2.75) is 51.6 Å². The fourth-order valence-corrected chi connectivity index (χ4v) is 3.68. The highest BCUT2D eigenvalue weighted by atomic mass is 32.2. The van der Waals surface area contributed by atoms with E-state index in [0.717, 1.165) is 0 Å². The van der Waals surface area contributed by atoms with Gasteiger partial charge in [-0.05, 0) is 46.5 Å². The monoisotopic (exact) mass is 429 g/mol. The Kier molecular flexibility index (Phi) is 8.54. The summed E-state index contributed by atoms with van der Waals surface area (Å²) < 4.78 is 61.2. The Labute approximate surface area is 164 Å². The molecule has 12 heteroatoms. The molecule has 1 rings (SSSR count). The van der Waals surface area contributed by atoms with Gasteiger partial charge >= 0.3 is 15.5 Å². The van der Waals surface area contributed by atoms with Crippen molar-refractivity contribution in [3.8, 4) is 0 Å². The molecule has 8 nitrogen and oxygen atoms in total. The molecule has 1 aliphatic heterocycles. The molecule has 164 valence electrons. The van der Waals surface area contributed by atoms with Crippen molar-refractivity contribution >= 4 is 21.9 Å². The number of halogens is 3. The van der Waals surface area contributed by atoms with Crippen LogP contribution in [0, 0.1) is 5.92 Å². The van der Waals surface area contributed by atoms with Gasteiger partial charge in [0.05, 0.1) is 0 Å². The Morgan fingerprint density at radius 1 is 1.14 bits per heavy atom. The van der Waals surface area contributed by atoms with E-state index in [1.165, 1.54) is 0 Å². The first-order chi connectivity index (χ1) is 12.8. The Balaban J connectivity index is 2.53. The highest BCUT2D eigenvalue weighted by Gasteiger charge is 2.50. The highest BCUT2D eigenvalue weighted by Crippen LogP contribution is 2.30. The topological polar surface area (TPSA) is 103 Å². The summed E-state index contributed by atoms with van der Waals surface area (Å²) in [6, 6.07) is 0. The molecule has 0 atom stereocenters. The lowest BCUT2D eigenvalue weighted by molar-refractivity contribution is -0.121. The second-order valence-electron chi connectivity index (χ2n) is 7.67. The largest absolute Gasteiger partial charge is 0.511 e. The number of carbonyl (C=O) groups excluding carboxylic acids is 1. The standard InChI is InChI=1S/C16H30F3N5O3S/c1-5-20-14(22-11-13(25)23-15(2,3)4)21-10-12-6-8-24(9-7-12)28(26,27)16(17,18)19/h12H,5-11H2,1-4H3,(H,23,25)(H2,20,21,22). The molecule has 0 unspecified atom stereocenters. The maximum Gasteiger partial charge on any atom is 0.511 e. The van der Waals surface area contributed by atoms with Gasteiger partial charge in [-0.3, -0.25) is 4.79 Å². The van der Waals surface area contributed by atoms with Crippen molar-refractivity contribution in [3.63, 3.8) is 0 Å². The molecule has 1 amide bonds. The predicted octanol–water partition coefficient (Wildman–Crippen LogP) is 1.02. The van der Waals surface area contributed by atoms with Crippen LogP contribution in [0.1, 0.15) is 40.5 Å². The number of hydrogen-bond donors (Lipinski definition) is 3. The van der Waals surface area contributed by atoms with Gasteiger partial charge < -0.3 is 16.0 Å². The average Bonchev–Trinajstić information content (AvgIpc) is 2.55. The maximum absolute atomic E-state index is 12.6. The first-order valence-electron chi connectivity index (χ1n) is 9.16. The Morgan fingerprint density at radius 2 is 1.71 bits per heavy atom. The number of rotatable bonds is 6. The van der Waals surface area contributed by atoms with Crippen molar-refractivity contribution in [3.05, 3.63) is 0 Å². The van der Waals surface area contributed by atoms with Crippen LogP contribution in [0.4, 0.5) is 13.2 Å². The zero-order valence-electron chi connectivity index (χ0n) is 16.7. The van der Waals surface area contributed by atoms with E-state index in [1.807, 2.05) is 27.7 Å². The van der Waals surface area contributed by atoms with E-state index in [1.54, 1.807) is 0 Å². The van der Waals surface area contributed by atoms with Gasteiger partial charge in [-0.15, -0.1) is 0 Å². The second kappa shape index (κ2) is 9.77. The van der Waals surface area contributed by atoms with E-state index < -0.39 is 15.5 Å². The van der Waals surface area contributed by atoms with Gasteiger partial charge in [0.15, 0.2) is 5.96 Å². The third-order valence-electron chi connectivity index (χ3n) is 4.00. The zero-order valence-corrected chi connectivity index (χ0v) is 17.5. The molecule has 0 bridgehead atoms. The molecule has 28 heavy (non-hydrogen) atoms. The summed E-state index contributed by atoms with van der Waals surface area (Å²) in [5.41, 5.74) is -5.63. The molecule has 3 N–H and O–H groups in total. The minimum atomic E-state index is -5.27. The molecule has 0 aliphatic carbocycles. The predicted molar refractivity (Wildman–Crippen MR) is 101 cm³/mol. The van der Waals surface area contributed by atoms with Crippen molar-refractivity contribution in [1.82, 2.24) is 20.3 Å². The highest BCUT2D eigenvalue weighted by molar-refractivity contribution is 7.90. The number of aliphatic imine (C=N–C) groups is 1. The van der Waals surface area contributed by atoms with E-state index in [2.05, 4.69) is 20.9 Å². The van der Waals surface area contributed by atoms with E-state index in [-0.39, 0.29) is 37.0 Å². The number of piperidine rings is 1. The van der Waals surface area contributed by atoms with Gasteiger partial charge in [-0.2, -0.15) is 17.5 Å². The Bertz CT molecular complexity index is 651. The number of hydrogen-bond acceptors (Lipinski definition) is 4. The van der Waals surface area contributed by atoms with Crippen LogP contribution in [0.2, 0.25) is 0 Å². The molecular formula is C16H30F3N5O3S. The second-order valence-corrected chi connectivity index (χ2v) is 9.60. The summed E-state index contributed by atoms with van der Waals surface area (Å²) in [6.07, 6.45) is 0.623. The lowest BCUT2D eigenvalue weighted by atomic mass is 9.98. The number of nitrogens with one attached hydrogen (secondary N) is 3. The fourth-order valence-electron chi connectivity index (χ4n) is 2.69.